The maximum atomic E-state index is 4.65. The molecule has 2 N–H and O–H groups in total. The van der Waals surface area contributed by atoms with Gasteiger partial charge in [-0.3, -0.25) is 5.10 Å². The quantitative estimate of drug-likeness (QED) is 0.461. The number of nitrogens with zero attached hydrogens (tertiary/aromatic N) is 6. The smallest absolute Gasteiger partial charge is 0.139 e. The topological polar surface area (TPSA) is 81.7 Å². The van der Waals surface area contributed by atoms with Gasteiger partial charge in [0.25, 0.3) is 0 Å². The molecule has 1 aliphatic heterocycles. The number of imidazole rings is 1. The molecule has 0 aliphatic carbocycles. The summed E-state index contributed by atoms with van der Waals surface area (Å²) >= 11 is 0. The first-order valence-corrected chi connectivity index (χ1v) is 11.0. The lowest BCUT2D eigenvalue weighted by Gasteiger charge is -2.34. The first-order valence-electron chi connectivity index (χ1n) is 11.0. The highest BCUT2D eigenvalue weighted by molar-refractivity contribution is 5.99. The van der Waals surface area contributed by atoms with E-state index in [2.05, 4.69) is 76.9 Å². The molecule has 6 rings (SSSR count). The van der Waals surface area contributed by atoms with Crippen LogP contribution in [0, 0.1) is 6.92 Å². The standard InChI is InChI=1S/C24H26N8/c1-15-26-14-22(31(15)3)16-4-5-19-17(12-16)23(29-28-19)20-13-18-21(6-7-25-24(18)27-20)32-10-8-30(2)9-11-32/h4-7,12-14H,8-11H2,1-3H3,(H,25,27)(H,28,29). The number of hydrogen-bond donors (Lipinski definition) is 2. The van der Waals surface area contributed by atoms with Crippen LogP contribution in [0.25, 0.3) is 44.6 Å². The van der Waals surface area contributed by atoms with E-state index in [1.807, 2.05) is 26.4 Å². The lowest BCUT2D eigenvalue weighted by atomic mass is 10.1. The van der Waals surface area contributed by atoms with Crippen molar-refractivity contribution >= 4 is 27.6 Å². The predicted octanol–water partition coefficient (Wildman–Crippen LogP) is 3.57. The molecule has 1 aromatic carbocycles. The second kappa shape index (κ2) is 7.20. The van der Waals surface area contributed by atoms with Crippen molar-refractivity contribution in [3.8, 4) is 22.6 Å². The van der Waals surface area contributed by atoms with E-state index in [0.29, 0.717) is 0 Å². The largest absolute Gasteiger partial charge is 0.368 e. The number of anilines is 1. The van der Waals surface area contributed by atoms with E-state index in [0.717, 1.165) is 76.6 Å². The van der Waals surface area contributed by atoms with E-state index in [9.17, 15) is 0 Å². The van der Waals surface area contributed by atoms with Crippen LogP contribution >= 0.6 is 0 Å². The molecule has 0 atom stereocenters. The zero-order valence-electron chi connectivity index (χ0n) is 18.6. The van der Waals surface area contributed by atoms with Crippen molar-refractivity contribution in [3.63, 3.8) is 0 Å². The van der Waals surface area contributed by atoms with Crippen LogP contribution in [0.5, 0.6) is 0 Å². The van der Waals surface area contributed by atoms with Gasteiger partial charge in [-0.25, -0.2) is 9.97 Å². The number of aromatic amines is 2. The number of hydrogen-bond acceptors (Lipinski definition) is 5. The Morgan fingerprint density at radius 2 is 1.78 bits per heavy atom. The summed E-state index contributed by atoms with van der Waals surface area (Å²) in [4.78, 5) is 17.4. The molecule has 0 amide bonds. The van der Waals surface area contributed by atoms with Gasteiger partial charge in [0.1, 0.15) is 17.2 Å². The van der Waals surface area contributed by atoms with Crippen LogP contribution in [0.1, 0.15) is 5.82 Å². The summed E-state index contributed by atoms with van der Waals surface area (Å²) in [6.07, 6.45) is 3.81. The summed E-state index contributed by atoms with van der Waals surface area (Å²) in [6, 6.07) is 10.7. The van der Waals surface area contributed by atoms with Crippen molar-refractivity contribution in [3.05, 3.63) is 48.5 Å². The SMILES string of the molecule is Cc1ncc(-c2ccc3[nH]nc(-c4cc5c(N6CCN(C)CC6)ccnc5[nH]4)c3c2)n1C. The van der Waals surface area contributed by atoms with Crippen LogP contribution in [0.3, 0.4) is 0 Å². The number of aromatic nitrogens is 6. The van der Waals surface area contributed by atoms with E-state index in [-0.39, 0.29) is 0 Å². The number of nitrogens with one attached hydrogen (secondary N) is 2. The Kier molecular flexibility index (Phi) is 4.29. The Balaban J connectivity index is 1.45. The van der Waals surface area contributed by atoms with Gasteiger partial charge in [-0.1, -0.05) is 6.07 Å². The van der Waals surface area contributed by atoms with Gasteiger partial charge in [0, 0.05) is 61.4 Å². The Labute approximate surface area is 185 Å². The van der Waals surface area contributed by atoms with E-state index >= 15 is 0 Å². The summed E-state index contributed by atoms with van der Waals surface area (Å²) in [6.45, 7) is 6.20. The summed E-state index contributed by atoms with van der Waals surface area (Å²) in [5.41, 5.74) is 7.22. The lowest BCUT2D eigenvalue weighted by molar-refractivity contribution is 0.313. The normalized spacial score (nSPS) is 15.3. The van der Waals surface area contributed by atoms with Gasteiger partial charge < -0.3 is 19.4 Å². The minimum absolute atomic E-state index is 0.894. The van der Waals surface area contributed by atoms with Crippen LogP contribution in [-0.2, 0) is 7.05 Å². The minimum atomic E-state index is 0.894. The third-order valence-electron chi connectivity index (χ3n) is 6.69. The third-order valence-corrected chi connectivity index (χ3v) is 6.69. The highest BCUT2D eigenvalue weighted by atomic mass is 15.2. The zero-order chi connectivity index (χ0) is 21.8. The Morgan fingerprint density at radius 3 is 2.56 bits per heavy atom. The summed E-state index contributed by atoms with van der Waals surface area (Å²) in [5.74, 6) is 0.991. The van der Waals surface area contributed by atoms with Gasteiger partial charge in [-0.05, 0) is 38.2 Å². The van der Waals surface area contributed by atoms with Gasteiger partial charge in [-0.15, -0.1) is 0 Å². The number of rotatable bonds is 3. The van der Waals surface area contributed by atoms with Crippen LogP contribution in [-0.4, -0.2) is 67.8 Å². The Bertz CT molecular complexity index is 1430. The van der Waals surface area contributed by atoms with Crippen LogP contribution in [0.2, 0.25) is 0 Å². The molecule has 5 heterocycles. The van der Waals surface area contributed by atoms with E-state index < -0.39 is 0 Å². The molecule has 0 unspecified atom stereocenters. The molecule has 8 nitrogen and oxygen atoms in total. The average molecular weight is 427 g/mol. The van der Waals surface area contributed by atoms with Crippen molar-refractivity contribution in [2.24, 2.45) is 7.05 Å². The second-order valence-electron chi connectivity index (χ2n) is 8.65. The van der Waals surface area contributed by atoms with Crippen LogP contribution in [0.15, 0.2) is 42.7 Å². The monoisotopic (exact) mass is 426 g/mol. The molecular weight excluding hydrogens is 400 g/mol. The highest BCUT2D eigenvalue weighted by Crippen LogP contribution is 2.34. The zero-order valence-corrected chi connectivity index (χ0v) is 18.6. The van der Waals surface area contributed by atoms with Gasteiger partial charge in [0.2, 0.25) is 0 Å². The number of pyridine rings is 1. The van der Waals surface area contributed by atoms with E-state index in [1.54, 1.807) is 0 Å². The van der Waals surface area contributed by atoms with E-state index in [4.69, 9.17) is 0 Å². The highest BCUT2D eigenvalue weighted by Gasteiger charge is 2.19. The van der Waals surface area contributed by atoms with Gasteiger partial charge >= 0.3 is 0 Å². The van der Waals surface area contributed by atoms with Crippen molar-refractivity contribution in [2.45, 2.75) is 6.92 Å². The number of likely N-dealkylation sites (N-methyl/N-ethyl adjacent to an activating group) is 1. The molecular formula is C24H26N8. The van der Waals surface area contributed by atoms with Crippen molar-refractivity contribution < 1.29 is 0 Å². The third kappa shape index (κ3) is 2.98. The first kappa shape index (κ1) is 19.1. The number of benzene rings is 1. The summed E-state index contributed by atoms with van der Waals surface area (Å²) < 4.78 is 2.11. The average Bonchev–Trinajstić information content (AvgIpc) is 3.50. The molecule has 0 radical (unpaired) electrons. The number of piperazine rings is 1. The number of fused-ring (bicyclic) bond motifs is 2. The molecule has 0 spiro atoms. The van der Waals surface area contributed by atoms with Crippen LogP contribution < -0.4 is 4.90 Å². The molecule has 5 aromatic rings. The number of aryl methyl sites for hydroxylation is 1. The maximum Gasteiger partial charge on any atom is 0.139 e. The molecule has 4 aromatic heterocycles. The molecule has 1 aliphatic rings. The van der Waals surface area contributed by atoms with E-state index in [1.165, 1.54) is 5.69 Å². The summed E-state index contributed by atoms with van der Waals surface area (Å²) in [7, 11) is 4.22. The lowest BCUT2D eigenvalue weighted by Crippen LogP contribution is -2.44. The maximum absolute atomic E-state index is 4.65. The van der Waals surface area contributed by atoms with Crippen LogP contribution in [0.4, 0.5) is 5.69 Å². The molecule has 1 fully saturated rings. The fraction of sp³-hybridized carbons (Fsp3) is 0.292. The Morgan fingerprint density at radius 1 is 0.938 bits per heavy atom. The fourth-order valence-corrected chi connectivity index (χ4v) is 4.61. The minimum Gasteiger partial charge on any atom is -0.368 e. The van der Waals surface area contributed by atoms with Gasteiger partial charge in [0.05, 0.1) is 23.1 Å². The van der Waals surface area contributed by atoms with Crippen molar-refractivity contribution in [1.29, 1.82) is 0 Å². The predicted molar refractivity (Wildman–Crippen MR) is 128 cm³/mol. The Hall–Kier alpha value is -3.65. The molecule has 1 saturated heterocycles. The molecule has 162 valence electrons. The molecule has 8 heteroatoms. The van der Waals surface area contributed by atoms with Gasteiger partial charge in [0.15, 0.2) is 0 Å². The second-order valence-corrected chi connectivity index (χ2v) is 8.65. The van der Waals surface area contributed by atoms with Crippen molar-refractivity contribution in [2.75, 3.05) is 38.1 Å². The number of H-pyrrole nitrogens is 2. The molecule has 0 saturated carbocycles. The summed E-state index contributed by atoms with van der Waals surface area (Å²) in [5, 5.41) is 10.1. The fourth-order valence-electron chi connectivity index (χ4n) is 4.61. The molecule has 32 heavy (non-hydrogen) atoms. The first-order chi connectivity index (χ1) is 15.6. The van der Waals surface area contributed by atoms with Crippen molar-refractivity contribution in [1.82, 2.24) is 34.6 Å². The van der Waals surface area contributed by atoms with Gasteiger partial charge in [-0.2, -0.15) is 5.10 Å². The molecule has 0 bridgehead atoms.